The van der Waals surface area contributed by atoms with Crippen LogP contribution in [0.1, 0.15) is 45.6 Å². The Labute approximate surface area is 124 Å². The van der Waals surface area contributed by atoms with Crippen molar-refractivity contribution in [2.75, 3.05) is 20.2 Å². The van der Waals surface area contributed by atoms with Crippen molar-refractivity contribution in [3.63, 3.8) is 0 Å². The van der Waals surface area contributed by atoms with Gasteiger partial charge in [-0.15, -0.1) is 0 Å². The molecule has 1 N–H and O–H groups in total. The average Bonchev–Trinajstić information content (AvgIpc) is 2.45. The first-order valence-electron chi connectivity index (χ1n) is 8.03. The van der Waals surface area contributed by atoms with E-state index in [1.54, 1.807) is 7.11 Å². The molecule has 1 rings (SSSR count). The smallest absolute Gasteiger partial charge is 0.118 e. The molecular formula is C18H31NO. The van der Waals surface area contributed by atoms with E-state index in [0.717, 1.165) is 37.1 Å². The molecule has 0 aliphatic carbocycles. The molecule has 0 aliphatic heterocycles. The molecular weight excluding hydrogens is 246 g/mol. The number of hydrogen-bond donors (Lipinski definition) is 1. The summed E-state index contributed by atoms with van der Waals surface area (Å²) in [4.78, 5) is 0. The lowest BCUT2D eigenvalue weighted by Gasteiger charge is -2.21. The van der Waals surface area contributed by atoms with E-state index in [0.29, 0.717) is 0 Å². The lowest BCUT2D eigenvalue weighted by molar-refractivity contribution is 0.356. The minimum absolute atomic E-state index is 0.727. The molecule has 1 aromatic carbocycles. The van der Waals surface area contributed by atoms with E-state index in [-0.39, 0.29) is 0 Å². The van der Waals surface area contributed by atoms with Gasteiger partial charge in [-0.2, -0.15) is 0 Å². The minimum atomic E-state index is 0.727. The Morgan fingerprint density at radius 2 is 1.85 bits per heavy atom. The van der Waals surface area contributed by atoms with E-state index in [4.69, 9.17) is 4.74 Å². The molecule has 0 aromatic heterocycles. The summed E-state index contributed by atoms with van der Waals surface area (Å²) in [6.07, 6.45) is 5.10. The SMILES string of the molecule is CCCC(C)CC(CNCC)Cc1ccc(OC)cc1. The van der Waals surface area contributed by atoms with Crippen molar-refractivity contribution in [2.45, 2.75) is 46.5 Å². The zero-order chi connectivity index (χ0) is 14.8. The maximum Gasteiger partial charge on any atom is 0.118 e. The van der Waals surface area contributed by atoms with Gasteiger partial charge in [0, 0.05) is 0 Å². The predicted molar refractivity (Wildman–Crippen MR) is 87.4 cm³/mol. The van der Waals surface area contributed by atoms with Gasteiger partial charge in [0.05, 0.1) is 7.11 Å². The highest BCUT2D eigenvalue weighted by Gasteiger charge is 2.13. The molecule has 0 saturated carbocycles. The molecule has 2 nitrogen and oxygen atoms in total. The van der Waals surface area contributed by atoms with Crippen LogP contribution in [0.4, 0.5) is 0 Å². The predicted octanol–water partition coefficient (Wildman–Crippen LogP) is 4.29. The van der Waals surface area contributed by atoms with E-state index >= 15 is 0 Å². The second-order valence-electron chi connectivity index (χ2n) is 5.86. The number of rotatable bonds is 10. The molecule has 0 radical (unpaired) electrons. The van der Waals surface area contributed by atoms with Crippen molar-refractivity contribution in [1.82, 2.24) is 5.32 Å². The first-order valence-corrected chi connectivity index (χ1v) is 8.03. The van der Waals surface area contributed by atoms with Crippen LogP contribution in [0.3, 0.4) is 0 Å². The lowest BCUT2D eigenvalue weighted by atomic mass is 9.88. The number of benzene rings is 1. The summed E-state index contributed by atoms with van der Waals surface area (Å²) in [5, 5.41) is 3.51. The first kappa shape index (κ1) is 17.0. The summed E-state index contributed by atoms with van der Waals surface area (Å²) < 4.78 is 5.22. The van der Waals surface area contributed by atoms with E-state index in [9.17, 15) is 0 Å². The summed E-state index contributed by atoms with van der Waals surface area (Å²) >= 11 is 0. The van der Waals surface area contributed by atoms with Gasteiger partial charge in [0.15, 0.2) is 0 Å². The molecule has 20 heavy (non-hydrogen) atoms. The third kappa shape index (κ3) is 6.42. The number of nitrogens with one attached hydrogen (secondary N) is 1. The number of hydrogen-bond acceptors (Lipinski definition) is 2. The Morgan fingerprint density at radius 1 is 1.15 bits per heavy atom. The van der Waals surface area contributed by atoms with E-state index in [2.05, 4.69) is 50.4 Å². The summed E-state index contributed by atoms with van der Waals surface area (Å²) in [5.41, 5.74) is 1.41. The number of methoxy groups -OCH3 is 1. The zero-order valence-corrected chi connectivity index (χ0v) is 13.6. The van der Waals surface area contributed by atoms with Crippen LogP contribution in [-0.2, 0) is 6.42 Å². The van der Waals surface area contributed by atoms with Crippen LogP contribution < -0.4 is 10.1 Å². The zero-order valence-electron chi connectivity index (χ0n) is 13.6. The van der Waals surface area contributed by atoms with Crippen molar-refractivity contribution in [3.05, 3.63) is 29.8 Å². The normalized spacial score (nSPS) is 14.0. The van der Waals surface area contributed by atoms with Crippen LogP contribution in [0.5, 0.6) is 5.75 Å². The maximum atomic E-state index is 5.22. The molecule has 0 bridgehead atoms. The van der Waals surface area contributed by atoms with Crippen molar-refractivity contribution >= 4 is 0 Å². The van der Waals surface area contributed by atoms with Crippen molar-refractivity contribution in [2.24, 2.45) is 11.8 Å². The van der Waals surface area contributed by atoms with Crippen LogP contribution in [0.2, 0.25) is 0 Å². The van der Waals surface area contributed by atoms with Gasteiger partial charge in [-0.3, -0.25) is 0 Å². The fourth-order valence-corrected chi connectivity index (χ4v) is 2.86. The van der Waals surface area contributed by atoms with Crippen LogP contribution in [0.25, 0.3) is 0 Å². The van der Waals surface area contributed by atoms with Gasteiger partial charge in [0.1, 0.15) is 5.75 Å². The molecule has 1 aromatic rings. The van der Waals surface area contributed by atoms with E-state index in [1.807, 2.05) is 0 Å². The second kappa shape index (κ2) is 9.82. The standard InChI is InChI=1S/C18H31NO/c1-5-7-15(3)12-17(14-19-6-2)13-16-8-10-18(20-4)11-9-16/h8-11,15,17,19H,5-7,12-14H2,1-4H3. The van der Waals surface area contributed by atoms with Gasteiger partial charge in [-0.25, -0.2) is 0 Å². The third-order valence-corrected chi connectivity index (χ3v) is 3.88. The highest BCUT2D eigenvalue weighted by molar-refractivity contribution is 5.27. The van der Waals surface area contributed by atoms with Crippen molar-refractivity contribution < 1.29 is 4.74 Å². The first-order chi connectivity index (χ1) is 9.69. The van der Waals surface area contributed by atoms with Gasteiger partial charge < -0.3 is 10.1 Å². The third-order valence-electron chi connectivity index (χ3n) is 3.88. The molecule has 2 heteroatoms. The van der Waals surface area contributed by atoms with Crippen LogP contribution in [-0.4, -0.2) is 20.2 Å². The topological polar surface area (TPSA) is 21.3 Å². The summed E-state index contributed by atoms with van der Waals surface area (Å²) in [6, 6.07) is 8.52. The second-order valence-corrected chi connectivity index (χ2v) is 5.86. The Kier molecular flexibility index (Phi) is 8.36. The largest absolute Gasteiger partial charge is 0.497 e. The van der Waals surface area contributed by atoms with Gasteiger partial charge in [-0.05, 0) is 55.5 Å². The Morgan fingerprint density at radius 3 is 2.40 bits per heavy atom. The van der Waals surface area contributed by atoms with Crippen LogP contribution >= 0.6 is 0 Å². The van der Waals surface area contributed by atoms with E-state index < -0.39 is 0 Å². The minimum Gasteiger partial charge on any atom is -0.497 e. The molecule has 0 fully saturated rings. The molecule has 0 aliphatic rings. The highest BCUT2D eigenvalue weighted by Crippen LogP contribution is 2.21. The Hall–Kier alpha value is -1.02. The van der Waals surface area contributed by atoms with Crippen LogP contribution in [0.15, 0.2) is 24.3 Å². The van der Waals surface area contributed by atoms with Crippen molar-refractivity contribution in [1.29, 1.82) is 0 Å². The lowest BCUT2D eigenvalue weighted by Crippen LogP contribution is -2.25. The van der Waals surface area contributed by atoms with Gasteiger partial charge >= 0.3 is 0 Å². The maximum absolute atomic E-state index is 5.22. The molecule has 114 valence electrons. The quantitative estimate of drug-likeness (QED) is 0.689. The van der Waals surface area contributed by atoms with Gasteiger partial charge in [-0.1, -0.05) is 45.7 Å². The van der Waals surface area contributed by atoms with E-state index in [1.165, 1.54) is 24.8 Å². The summed E-state index contributed by atoms with van der Waals surface area (Å²) in [6.45, 7) is 9.02. The average molecular weight is 277 g/mol. The summed E-state index contributed by atoms with van der Waals surface area (Å²) in [5.74, 6) is 2.49. The fraction of sp³-hybridized carbons (Fsp3) is 0.667. The van der Waals surface area contributed by atoms with Crippen LogP contribution in [0, 0.1) is 11.8 Å². The molecule has 0 spiro atoms. The Bertz CT molecular complexity index is 347. The monoisotopic (exact) mass is 277 g/mol. The molecule has 0 saturated heterocycles. The molecule has 2 unspecified atom stereocenters. The Balaban J connectivity index is 2.57. The highest BCUT2D eigenvalue weighted by atomic mass is 16.5. The van der Waals surface area contributed by atoms with Crippen molar-refractivity contribution in [3.8, 4) is 5.75 Å². The molecule has 0 heterocycles. The van der Waals surface area contributed by atoms with Gasteiger partial charge in [0.2, 0.25) is 0 Å². The summed E-state index contributed by atoms with van der Waals surface area (Å²) in [7, 11) is 1.72. The van der Waals surface area contributed by atoms with Gasteiger partial charge in [0.25, 0.3) is 0 Å². The number of ether oxygens (including phenoxy) is 1. The fourth-order valence-electron chi connectivity index (χ4n) is 2.86. The molecule has 2 atom stereocenters. The molecule has 0 amide bonds.